The predicted molar refractivity (Wildman–Crippen MR) is 74.0 cm³/mol. The Morgan fingerprint density at radius 1 is 1.43 bits per heavy atom. The van der Waals surface area contributed by atoms with E-state index < -0.39 is 18.3 Å². The van der Waals surface area contributed by atoms with Gasteiger partial charge in [-0.2, -0.15) is 13.2 Å². The number of nitrogens with one attached hydrogen (secondary N) is 1. The van der Waals surface area contributed by atoms with Crippen molar-refractivity contribution in [2.24, 2.45) is 0 Å². The number of likely N-dealkylation sites (N-methyl/N-ethyl adjacent to an activating group) is 1. The summed E-state index contributed by atoms with van der Waals surface area (Å²) in [6, 6.07) is -0.274. The van der Waals surface area contributed by atoms with Crippen LogP contribution in [0.25, 0.3) is 0 Å². The van der Waals surface area contributed by atoms with Gasteiger partial charge in [0.25, 0.3) is 0 Å². The number of halogens is 3. The molecule has 0 radical (unpaired) electrons. The molecule has 1 rings (SSSR count). The molecule has 0 spiro atoms. The van der Waals surface area contributed by atoms with Gasteiger partial charge in [-0.15, -0.1) is 0 Å². The highest BCUT2D eigenvalue weighted by molar-refractivity contribution is 5.81. The highest BCUT2D eigenvalue weighted by Gasteiger charge is 2.45. The van der Waals surface area contributed by atoms with Crippen LogP contribution in [0.4, 0.5) is 13.2 Å². The second-order valence-corrected chi connectivity index (χ2v) is 5.61. The number of nitrogens with zero attached hydrogens (tertiary/aromatic N) is 1. The minimum atomic E-state index is -4.23. The molecule has 7 heteroatoms. The molecule has 1 aliphatic carbocycles. The highest BCUT2D eigenvalue weighted by Crippen LogP contribution is 2.33. The van der Waals surface area contributed by atoms with Gasteiger partial charge >= 0.3 is 12.1 Å². The Morgan fingerprint density at radius 2 is 2.10 bits per heavy atom. The average Bonchev–Trinajstić information content (AvgIpc) is 2.37. The van der Waals surface area contributed by atoms with E-state index in [-0.39, 0.29) is 18.6 Å². The van der Waals surface area contributed by atoms with Crippen molar-refractivity contribution in [1.82, 2.24) is 10.2 Å². The van der Waals surface area contributed by atoms with E-state index in [1.807, 2.05) is 6.92 Å². The second-order valence-electron chi connectivity index (χ2n) is 5.61. The topological polar surface area (TPSA) is 41.6 Å². The molecule has 124 valence electrons. The molecule has 21 heavy (non-hydrogen) atoms. The number of ether oxygens (including phenoxy) is 1. The summed E-state index contributed by atoms with van der Waals surface area (Å²) in [5.74, 6) is -0.350. The Hall–Kier alpha value is -0.820. The first-order valence-electron chi connectivity index (χ1n) is 7.43. The number of rotatable bonds is 6. The van der Waals surface area contributed by atoms with Crippen LogP contribution in [-0.2, 0) is 9.53 Å². The van der Waals surface area contributed by atoms with Crippen LogP contribution < -0.4 is 5.32 Å². The summed E-state index contributed by atoms with van der Waals surface area (Å²) >= 11 is 0. The molecule has 0 aliphatic heterocycles. The number of alkyl halides is 3. The van der Waals surface area contributed by atoms with Crippen molar-refractivity contribution in [2.75, 3.05) is 26.7 Å². The lowest BCUT2D eigenvalue weighted by Crippen LogP contribution is -2.59. The second kappa shape index (κ2) is 7.45. The Bertz CT molecular complexity index is 346. The van der Waals surface area contributed by atoms with Gasteiger partial charge in [0, 0.05) is 6.04 Å². The summed E-state index contributed by atoms with van der Waals surface area (Å²) in [5.41, 5.74) is -0.854. The molecule has 1 fully saturated rings. The summed E-state index contributed by atoms with van der Waals surface area (Å²) in [7, 11) is 1.46. The molecule has 0 aromatic carbocycles. The third-order valence-corrected chi connectivity index (χ3v) is 3.96. The third kappa shape index (κ3) is 5.14. The lowest BCUT2D eigenvalue weighted by molar-refractivity contribution is -0.158. The van der Waals surface area contributed by atoms with E-state index in [2.05, 4.69) is 5.32 Å². The van der Waals surface area contributed by atoms with Crippen LogP contribution >= 0.6 is 0 Å². The average molecular weight is 310 g/mol. The first-order valence-corrected chi connectivity index (χ1v) is 7.43. The van der Waals surface area contributed by atoms with Gasteiger partial charge in [-0.1, -0.05) is 6.92 Å². The first kappa shape index (κ1) is 18.2. The smallest absolute Gasteiger partial charge is 0.401 e. The van der Waals surface area contributed by atoms with E-state index in [4.69, 9.17) is 4.74 Å². The lowest BCUT2D eigenvalue weighted by atomic mass is 9.78. The van der Waals surface area contributed by atoms with Crippen LogP contribution in [0.5, 0.6) is 0 Å². The van der Waals surface area contributed by atoms with Crippen molar-refractivity contribution in [3.05, 3.63) is 0 Å². The molecule has 0 amide bonds. The summed E-state index contributed by atoms with van der Waals surface area (Å²) in [6.45, 7) is 3.50. The molecule has 1 N–H and O–H groups in total. The highest BCUT2D eigenvalue weighted by atomic mass is 19.4. The predicted octanol–water partition coefficient (Wildman–Crippen LogP) is 2.33. The van der Waals surface area contributed by atoms with Gasteiger partial charge < -0.3 is 10.1 Å². The molecule has 0 bridgehead atoms. The number of esters is 1. The zero-order chi connectivity index (χ0) is 16.1. The fourth-order valence-electron chi connectivity index (χ4n) is 3.06. The number of hydrogen-bond donors (Lipinski definition) is 1. The molecule has 4 nitrogen and oxygen atoms in total. The van der Waals surface area contributed by atoms with Crippen LogP contribution in [0.3, 0.4) is 0 Å². The minimum absolute atomic E-state index is 0.273. The molecule has 0 aromatic rings. The van der Waals surface area contributed by atoms with Crippen molar-refractivity contribution >= 4 is 5.97 Å². The van der Waals surface area contributed by atoms with Gasteiger partial charge in [0.1, 0.15) is 5.54 Å². The molecule has 1 aliphatic rings. The maximum Gasteiger partial charge on any atom is 0.401 e. The van der Waals surface area contributed by atoms with Gasteiger partial charge in [-0.05, 0) is 46.2 Å². The number of carbonyl (C=O) groups excluding carboxylic acids is 1. The van der Waals surface area contributed by atoms with Crippen LogP contribution in [0.15, 0.2) is 0 Å². The van der Waals surface area contributed by atoms with Crippen LogP contribution in [0.1, 0.15) is 39.5 Å². The van der Waals surface area contributed by atoms with E-state index in [9.17, 15) is 18.0 Å². The maximum atomic E-state index is 12.5. The third-order valence-electron chi connectivity index (χ3n) is 3.96. The van der Waals surface area contributed by atoms with Gasteiger partial charge in [-0.25, -0.2) is 0 Å². The molecule has 1 saturated carbocycles. The Balaban J connectivity index is 2.80. The van der Waals surface area contributed by atoms with Crippen molar-refractivity contribution in [2.45, 2.75) is 57.3 Å². The molecule has 0 saturated heterocycles. The zero-order valence-corrected chi connectivity index (χ0v) is 12.9. The minimum Gasteiger partial charge on any atom is -0.465 e. The van der Waals surface area contributed by atoms with Crippen molar-refractivity contribution < 1.29 is 22.7 Å². The normalized spacial score (nSPS) is 26.9. The SMILES string of the molecule is CCNC1(C(=O)OCC)CCCC(N(C)CC(F)(F)F)C1. The summed E-state index contributed by atoms with van der Waals surface area (Å²) in [5, 5.41) is 3.15. The standard InChI is InChI=1S/C14H25F3N2O2/c1-4-18-13(12(20)21-5-2)8-6-7-11(9-13)19(3)10-14(15,16)17/h11,18H,4-10H2,1-3H3. The van der Waals surface area contributed by atoms with Crippen molar-refractivity contribution in [3.63, 3.8) is 0 Å². The number of carbonyl (C=O) groups is 1. The Kier molecular flexibility index (Phi) is 6.46. The van der Waals surface area contributed by atoms with Gasteiger partial charge in [0.2, 0.25) is 0 Å². The molecule has 2 unspecified atom stereocenters. The fraction of sp³-hybridized carbons (Fsp3) is 0.929. The van der Waals surface area contributed by atoms with E-state index >= 15 is 0 Å². The van der Waals surface area contributed by atoms with Crippen molar-refractivity contribution in [3.8, 4) is 0 Å². The van der Waals surface area contributed by atoms with Crippen LogP contribution in [0, 0.1) is 0 Å². The van der Waals surface area contributed by atoms with Crippen LogP contribution in [0.2, 0.25) is 0 Å². The fourth-order valence-corrected chi connectivity index (χ4v) is 3.06. The van der Waals surface area contributed by atoms with Gasteiger partial charge in [-0.3, -0.25) is 9.69 Å². The van der Waals surface area contributed by atoms with E-state index in [1.54, 1.807) is 6.92 Å². The van der Waals surface area contributed by atoms with E-state index in [0.29, 0.717) is 32.2 Å². The van der Waals surface area contributed by atoms with Crippen molar-refractivity contribution in [1.29, 1.82) is 0 Å². The Labute approximate surface area is 124 Å². The summed E-state index contributed by atoms with van der Waals surface area (Å²) < 4.78 is 42.7. The molecule has 0 heterocycles. The first-order chi connectivity index (χ1) is 9.74. The maximum absolute atomic E-state index is 12.5. The molecular formula is C14H25F3N2O2. The summed E-state index contributed by atoms with van der Waals surface area (Å²) in [4.78, 5) is 13.5. The monoisotopic (exact) mass is 310 g/mol. The molecule has 0 aromatic heterocycles. The zero-order valence-electron chi connectivity index (χ0n) is 12.9. The lowest BCUT2D eigenvalue weighted by Gasteiger charge is -2.42. The van der Waals surface area contributed by atoms with E-state index in [0.717, 1.165) is 0 Å². The molecule has 2 atom stereocenters. The largest absolute Gasteiger partial charge is 0.465 e. The van der Waals surface area contributed by atoms with E-state index in [1.165, 1.54) is 11.9 Å². The molecular weight excluding hydrogens is 285 g/mol. The number of hydrogen-bond acceptors (Lipinski definition) is 4. The Morgan fingerprint density at radius 3 is 2.62 bits per heavy atom. The van der Waals surface area contributed by atoms with Gasteiger partial charge in [0.15, 0.2) is 0 Å². The quantitative estimate of drug-likeness (QED) is 0.765. The van der Waals surface area contributed by atoms with Gasteiger partial charge in [0.05, 0.1) is 13.2 Å². The summed E-state index contributed by atoms with van der Waals surface area (Å²) in [6.07, 6.45) is -1.89. The van der Waals surface area contributed by atoms with Crippen LogP contribution in [-0.4, -0.2) is 55.4 Å².